The number of hydroxylamine groups is 2. The second-order valence-corrected chi connectivity index (χ2v) is 8.48. The first-order valence-electron chi connectivity index (χ1n) is 11.6. The Balaban J connectivity index is 1.71. The summed E-state index contributed by atoms with van der Waals surface area (Å²) in [5, 5.41) is 12.6. The standard InChI is InChI=1S/C28H25F4N3O3/c1-18(35(38)27(33)37)5-6-19-3-2-4-22(17-19)26(36)34-16-15-25(21-9-13-24(29)14-10-21)20-7-11-23(12-8-20)28(30,31)32/h2-4,7-14,17-18,25,38H,15-16H2,1H3,(H2,33,37)(H,34,36)/t18-,25+/m1/s1. The lowest BCUT2D eigenvalue weighted by atomic mass is 9.88. The molecule has 38 heavy (non-hydrogen) atoms. The monoisotopic (exact) mass is 527 g/mol. The number of nitrogens with one attached hydrogen (secondary N) is 1. The zero-order chi connectivity index (χ0) is 27.9. The fraction of sp³-hybridized carbons (Fsp3) is 0.214. The SMILES string of the molecule is C[C@H](C#Cc1cccc(C(=O)NCC[C@H](c2ccc(F)cc2)c2ccc(C(F)(F)F)cc2)c1)N(O)C(N)=O. The first-order valence-corrected chi connectivity index (χ1v) is 11.6. The van der Waals surface area contributed by atoms with Crippen molar-refractivity contribution in [3.8, 4) is 11.8 Å². The number of urea groups is 1. The van der Waals surface area contributed by atoms with Crippen molar-refractivity contribution >= 4 is 11.9 Å². The highest BCUT2D eigenvalue weighted by molar-refractivity contribution is 5.94. The number of nitrogens with zero attached hydrogens (tertiary/aromatic N) is 1. The average Bonchev–Trinajstić information content (AvgIpc) is 2.89. The number of carbonyl (C=O) groups excluding carboxylic acids is 2. The summed E-state index contributed by atoms with van der Waals surface area (Å²) >= 11 is 0. The molecule has 0 fully saturated rings. The van der Waals surface area contributed by atoms with Crippen LogP contribution in [0, 0.1) is 17.7 Å². The maximum Gasteiger partial charge on any atom is 0.416 e. The summed E-state index contributed by atoms with van der Waals surface area (Å²) in [5.74, 6) is 4.20. The van der Waals surface area contributed by atoms with Crippen LogP contribution in [-0.2, 0) is 6.18 Å². The van der Waals surface area contributed by atoms with Gasteiger partial charge in [0.1, 0.15) is 11.9 Å². The fourth-order valence-electron chi connectivity index (χ4n) is 3.74. The Bertz CT molecular complexity index is 1330. The molecule has 0 aliphatic carbocycles. The maximum atomic E-state index is 13.5. The summed E-state index contributed by atoms with van der Waals surface area (Å²) in [5.41, 5.74) is 6.30. The highest BCUT2D eigenvalue weighted by Crippen LogP contribution is 2.33. The number of alkyl halides is 3. The lowest BCUT2D eigenvalue weighted by molar-refractivity contribution is -0.137. The van der Waals surface area contributed by atoms with E-state index in [0.717, 1.165) is 12.1 Å². The highest BCUT2D eigenvalue weighted by Gasteiger charge is 2.30. The van der Waals surface area contributed by atoms with Gasteiger partial charge in [0.05, 0.1) is 5.56 Å². The zero-order valence-electron chi connectivity index (χ0n) is 20.3. The van der Waals surface area contributed by atoms with Crippen LogP contribution in [0.2, 0.25) is 0 Å². The van der Waals surface area contributed by atoms with E-state index in [4.69, 9.17) is 5.73 Å². The Hall–Kier alpha value is -4.36. The van der Waals surface area contributed by atoms with E-state index in [1.165, 1.54) is 37.3 Å². The molecule has 10 heteroatoms. The topological polar surface area (TPSA) is 95.7 Å². The Morgan fingerprint density at radius 3 is 2.21 bits per heavy atom. The number of hydrogen-bond acceptors (Lipinski definition) is 3. The van der Waals surface area contributed by atoms with Crippen LogP contribution in [-0.4, -0.2) is 34.8 Å². The van der Waals surface area contributed by atoms with Gasteiger partial charge in [-0.3, -0.25) is 10.0 Å². The molecule has 3 aromatic rings. The summed E-state index contributed by atoms with van der Waals surface area (Å²) in [4.78, 5) is 23.8. The number of halogens is 4. The van der Waals surface area contributed by atoms with Crippen LogP contribution in [0.15, 0.2) is 72.8 Å². The summed E-state index contributed by atoms with van der Waals surface area (Å²) < 4.78 is 52.4. The van der Waals surface area contributed by atoms with Crippen molar-refractivity contribution in [3.63, 3.8) is 0 Å². The molecular formula is C28H25F4N3O3. The molecule has 3 aromatic carbocycles. The molecule has 0 heterocycles. The minimum atomic E-state index is -4.46. The lowest BCUT2D eigenvalue weighted by Gasteiger charge is -2.19. The number of primary amides is 1. The number of benzene rings is 3. The van der Waals surface area contributed by atoms with Crippen molar-refractivity contribution in [1.82, 2.24) is 10.4 Å². The molecule has 3 rings (SSSR count). The van der Waals surface area contributed by atoms with Gasteiger partial charge in [-0.05, 0) is 66.9 Å². The van der Waals surface area contributed by atoms with Gasteiger partial charge >= 0.3 is 12.2 Å². The van der Waals surface area contributed by atoms with E-state index in [0.29, 0.717) is 28.7 Å². The first kappa shape index (κ1) is 28.2. The molecule has 0 aliphatic heterocycles. The number of rotatable bonds is 7. The number of amides is 3. The predicted molar refractivity (Wildman–Crippen MR) is 133 cm³/mol. The van der Waals surface area contributed by atoms with E-state index in [9.17, 15) is 32.4 Å². The molecule has 0 saturated heterocycles. The molecule has 198 valence electrons. The van der Waals surface area contributed by atoms with Gasteiger partial charge in [-0.25, -0.2) is 9.18 Å². The Morgan fingerprint density at radius 1 is 1.03 bits per heavy atom. The van der Waals surface area contributed by atoms with Gasteiger partial charge < -0.3 is 11.1 Å². The number of hydrogen-bond donors (Lipinski definition) is 3. The molecule has 0 aromatic heterocycles. The van der Waals surface area contributed by atoms with Crippen molar-refractivity contribution in [2.45, 2.75) is 31.5 Å². The van der Waals surface area contributed by atoms with Crippen LogP contribution < -0.4 is 11.1 Å². The third-order valence-electron chi connectivity index (χ3n) is 5.77. The zero-order valence-corrected chi connectivity index (χ0v) is 20.3. The van der Waals surface area contributed by atoms with Crippen molar-refractivity contribution in [2.24, 2.45) is 5.73 Å². The average molecular weight is 528 g/mol. The molecule has 3 amide bonds. The van der Waals surface area contributed by atoms with Gasteiger partial charge in [-0.2, -0.15) is 18.2 Å². The molecule has 0 bridgehead atoms. The molecule has 0 unspecified atom stereocenters. The fourth-order valence-corrected chi connectivity index (χ4v) is 3.74. The molecular weight excluding hydrogens is 502 g/mol. The van der Waals surface area contributed by atoms with Crippen molar-refractivity contribution < 1.29 is 32.4 Å². The van der Waals surface area contributed by atoms with Gasteiger partial charge in [-0.1, -0.05) is 42.2 Å². The van der Waals surface area contributed by atoms with Gasteiger partial charge in [0.15, 0.2) is 0 Å². The molecule has 0 radical (unpaired) electrons. The van der Waals surface area contributed by atoms with Gasteiger partial charge in [0, 0.05) is 23.6 Å². The van der Waals surface area contributed by atoms with E-state index in [2.05, 4.69) is 17.2 Å². The van der Waals surface area contributed by atoms with Gasteiger partial charge in [0.2, 0.25) is 0 Å². The lowest BCUT2D eigenvalue weighted by Crippen LogP contribution is -2.38. The Morgan fingerprint density at radius 2 is 1.63 bits per heavy atom. The largest absolute Gasteiger partial charge is 0.416 e. The second kappa shape index (κ2) is 12.3. The maximum absolute atomic E-state index is 13.5. The van der Waals surface area contributed by atoms with E-state index >= 15 is 0 Å². The molecule has 0 spiro atoms. The Labute approximate surface area is 217 Å². The second-order valence-electron chi connectivity index (χ2n) is 8.48. The number of carbonyl (C=O) groups is 2. The van der Waals surface area contributed by atoms with Crippen LogP contribution in [0.25, 0.3) is 0 Å². The molecule has 6 nitrogen and oxygen atoms in total. The van der Waals surface area contributed by atoms with E-state index in [-0.39, 0.29) is 17.5 Å². The normalized spacial score (nSPS) is 12.6. The van der Waals surface area contributed by atoms with E-state index in [1.807, 2.05) is 0 Å². The molecule has 0 aliphatic rings. The van der Waals surface area contributed by atoms with Gasteiger partial charge in [-0.15, -0.1) is 0 Å². The molecule has 2 atom stereocenters. The van der Waals surface area contributed by atoms with Crippen LogP contribution >= 0.6 is 0 Å². The first-order chi connectivity index (χ1) is 18.0. The van der Waals surface area contributed by atoms with E-state index in [1.54, 1.807) is 30.3 Å². The minimum Gasteiger partial charge on any atom is -0.352 e. The third kappa shape index (κ3) is 7.57. The van der Waals surface area contributed by atoms with Crippen molar-refractivity contribution in [3.05, 3.63) is 106 Å². The predicted octanol–water partition coefficient (Wildman–Crippen LogP) is 5.31. The minimum absolute atomic E-state index is 0.187. The van der Waals surface area contributed by atoms with Crippen LogP contribution in [0.1, 0.15) is 51.9 Å². The molecule has 0 saturated carbocycles. The van der Waals surface area contributed by atoms with Crippen LogP contribution in [0.4, 0.5) is 22.4 Å². The smallest absolute Gasteiger partial charge is 0.352 e. The quantitative estimate of drug-likeness (QED) is 0.168. The van der Waals surface area contributed by atoms with Crippen molar-refractivity contribution in [2.75, 3.05) is 6.54 Å². The van der Waals surface area contributed by atoms with Crippen molar-refractivity contribution in [1.29, 1.82) is 0 Å². The van der Waals surface area contributed by atoms with Crippen LogP contribution in [0.5, 0.6) is 0 Å². The summed E-state index contributed by atoms with van der Waals surface area (Å²) in [6, 6.07) is 14.9. The van der Waals surface area contributed by atoms with Gasteiger partial charge in [0.25, 0.3) is 5.91 Å². The highest BCUT2D eigenvalue weighted by atomic mass is 19.4. The summed E-state index contributed by atoms with van der Waals surface area (Å²) in [7, 11) is 0. The summed E-state index contributed by atoms with van der Waals surface area (Å²) in [6.45, 7) is 1.66. The number of nitrogens with two attached hydrogens (primary N) is 1. The third-order valence-corrected chi connectivity index (χ3v) is 5.77. The molecule has 4 N–H and O–H groups in total. The van der Waals surface area contributed by atoms with Crippen LogP contribution in [0.3, 0.4) is 0 Å². The van der Waals surface area contributed by atoms with E-state index < -0.39 is 35.5 Å². The Kier molecular flexibility index (Phi) is 9.10. The summed E-state index contributed by atoms with van der Waals surface area (Å²) in [6.07, 6.45) is -4.12.